The van der Waals surface area contributed by atoms with Crippen molar-refractivity contribution in [2.45, 2.75) is 39.5 Å². The largest absolute Gasteiger partial charge is 0.378 e. The summed E-state index contributed by atoms with van der Waals surface area (Å²) in [6.07, 6.45) is 3.97. The summed E-state index contributed by atoms with van der Waals surface area (Å²) in [7, 11) is 3.91. The number of benzene rings is 1. The molecule has 0 fully saturated rings. The van der Waals surface area contributed by atoms with Crippen LogP contribution in [0, 0.1) is 0 Å². The van der Waals surface area contributed by atoms with Gasteiger partial charge < -0.3 is 4.90 Å². The van der Waals surface area contributed by atoms with E-state index in [4.69, 9.17) is 0 Å². The van der Waals surface area contributed by atoms with Gasteiger partial charge in [-0.2, -0.15) is 5.10 Å². The van der Waals surface area contributed by atoms with Crippen molar-refractivity contribution in [3.05, 3.63) is 29.8 Å². The molecule has 1 amide bonds. The normalized spacial score (nSPS) is 10.0. The van der Waals surface area contributed by atoms with Crippen LogP contribution in [0.2, 0.25) is 0 Å². The first-order valence-corrected chi connectivity index (χ1v) is 7.21. The number of amides is 1. The fourth-order valence-electron chi connectivity index (χ4n) is 1.93. The van der Waals surface area contributed by atoms with Gasteiger partial charge in [-0.15, -0.1) is 0 Å². The summed E-state index contributed by atoms with van der Waals surface area (Å²) < 4.78 is 0. The van der Waals surface area contributed by atoms with Crippen molar-refractivity contribution in [2.75, 3.05) is 19.0 Å². The number of hydrogen-bond acceptors (Lipinski definition) is 3. The molecule has 1 N–H and O–H groups in total. The van der Waals surface area contributed by atoms with Crippen LogP contribution in [0.3, 0.4) is 0 Å². The maximum absolute atomic E-state index is 12.1. The molecule has 1 aromatic rings. The standard InChI is InChI=1S/C16H25N3O/c1-5-8-14(9-6-2)17-18-16(20)13-10-7-11-15(12-13)19(3)4/h7,10-12H,5-6,8-9H2,1-4H3,(H,18,20). The van der Waals surface area contributed by atoms with E-state index in [2.05, 4.69) is 24.4 Å². The van der Waals surface area contributed by atoms with Crippen molar-refractivity contribution in [1.82, 2.24) is 5.43 Å². The van der Waals surface area contributed by atoms with Crippen LogP contribution in [0.1, 0.15) is 49.9 Å². The Bertz CT molecular complexity index is 459. The van der Waals surface area contributed by atoms with Gasteiger partial charge in [-0.05, 0) is 31.0 Å². The molecule has 0 unspecified atom stereocenters. The number of rotatable bonds is 7. The van der Waals surface area contributed by atoms with Gasteiger partial charge in [0.25, 0.3) is 5.91 Å². The number of hydrazone groups is 1. The van der Waals surface area contributed by atoms with Gasteiger partial charge in [0.15, 0.2) is 0 Å². The molecule has 0 aliphatic heterocycles. The minimum atomic E-state index is -0.154. The molecule has 0 aliphatic rings. The van der Waals surface area contributed by atoms with Crippen LogP contribution in [-0.4, -0.2) is 25.7 Å². The van der Waals surface area contributed by atoms with Gasteiger partial charge in [-0.1, -0.05) is 32.8 Å². The maximum atomic E-state index is 12.1. The molecule has 110 valence electrons. The van der Waals surface area contributed by atoms with E-state index in [-0.39, 0.29) is 5.91 Å². The predicted octanol–water partition coefficient (Wildman–Crippen LogP) is 3.44. The zero-order valence-electron chi connectivity index (χ0n) is 12.9. The molecule has 0 atom stereocenters. The SMILES string of the molecule is CCCC(CCC)=NNC(=O)c1cccc(N(C)C)c1. The maximum Gasteiger partial charge on any atom is 0.271 e. The molecule has 0 aliphatic carbocycles. The third kappa shape index (κ3) is 5.03. The predicted molar refractivity (Wildman–Crippen MR) is 85.5 cm³/mol. The Labute approximate surface area is 121 Å². The molecule has 0 aromatic heterocycles. The lowest BCUT2D eigenvalue weighted by Crippen LogP contribution is -2.20. The van der Waals surface area contributed by atoms with Crippen LogP contribution in [0.25, 0.3) is 0 Å². The van der Waals surface area contributed by atoms with Gasteiger partial charge in [0.05, 0.1) is 0 Å². The van der Waals surface area contributed by atoms with Crippen LogP contribution in [0.15, 0.2) is 29.4 Å². The number of carbonyl (C=O) groups excluding carboxylic acids is 1. The number of nitrogens with zero attached hydrogens (tertiary/aromatic N) is 2. The van der Waals surface area contributed by atoms with Gasteiger partial charge in [-0.25, -0.2) is 5.43 Å². The fraction of sp³-hybridized carbons (Fsp3) is 0.500. The highest BCUT2D eigenvalue weighted by molar-refractivity contribution is 5.96. The highest BCUT2D eigenvalue weighted by Gasteiger charge is 2.06. The molecule has 20 heavy (non-hydrogen) atoms. The van der Waals surface area contributed by atoms with E-state index in [0.29, 0.717) is 5.56 Å². The van der Waals surface area contributed by atoms with Crippen molar-refractivity contribution < 1.29 is 4.79 Å². The molecule has 1 aromatic carbocycles. The average molecular weight is 275 g/mol. The Balaban J connectivity index is 2.75. The summed E-state index contributed by atoms with van der Waals surface area (Å²) in [6.45, 7) is 4.24. The Morgan fingerprint density at radius 3 is 2.40 bits per heavy atom. The quantitative estimate of drug-likeness (QED) is 0.612. The highest BCUT2D eigenvalue weighted by atomic mass is 16.2. The number of carbonyl (C=O) groups is 1. The van der Waals surface area contributed by atoms with Crippen LogP contribution in [0.5, 0.6) is 0 Å². The van der Waals surface area contributed by atoms with E-state index in [1.54, 1.807) is 6.07 Å². The molecular formula is C16H25N3O. The van der Waals surface area contributed by atoms with Crippen LogP contribution in [-0.2, 0) is 0 Å². The zero-order valence-corrected chi connectivity index (χ0v) is 12.9. The second-order valence-electron chi connectivity index (χ2n) is 5.06. The Kier molecular flexibility index (Phi) is 6.77. The third-order valence-corrected chi connectivity index (χ3v) is 3.02. The van der Waals surface area contributed by atoms with Crippen LogP contribution in [0.4, 0.5) is 5.69 Å². The van der Waals surface area contributed by atoms with Crippen molar-refractivity contribution in [3.8, 4) is 0 Å². The number of anilines is 1. The first-order valence-electron chi connectivity index (χ1n) is 7.21. The molecule has 0 heterocycles. The van der Waals surface area contributed by atoms with Crippen LogP contribution >= 0.6 is 0 Å². The molecule has 4 nitrogen and oxygen atoms in total. The molecule has 4 heteroatoms. The minimum Gasteiger partial charge on any atom is -0.378 e. The topological polar surface area (TPSA) is 44.7 Å². The van der Waals surface area contributed by atoms with Gasteiger partial charge in [0.1, 0.15) is 0 Å². The number of hydrogen-bond donors (Lipinski definition) is 1. The lowest BCUT2D eigenvalue weighted by Gasteiger charge is -2.13. The van der Waals surface area contributed by atoms with Gasteiger partial charge in [-0.3, -0.25) is 4.79 Å². The van der Waals surface area contributed by atoms with Crippen LogP contribution < -0.4 is 10.3 Å². The monoisotopic (exact) mass is 275 g/mol. The summed E-state index contributed by atoms with van der Waals surface area (Å²) in [5.74, 6) is -0.154. The molecule has 0 spiro atoms. The lowest BCUT2D eigenvalue weighted by molar-refractivity contribution is 0.0954. The molecule has 0 saturated heterocycles. The van der Waals surface area contributed by atoms with E-state index in [9.17, 15) is 4.79 Å². The fourth-order valence-corrected chi connectivity index (χ4v) is 1.93. The molecule has 0 bridgehead atoms. The number of nitrogens with one attached hydrogen (secondary N) is 1. The van der Waals surface area contributed by atoms with Gasteiger partial charge >= 0.3 is 0 Å². The minimum absolute atomic E-state index is 0.154. The first kappa shape index (κ1) is 16.2. The lowest BCUT2D eigenvalue weighted by atomic mass is 10.1. The zero-order chi connectivity index (χ0) is 15.0. The third-order valence-electron chi connectivity index (χ3n) is 3.02. The Morgan fingerprint density at radius 2 is 1.85 bits per heavy atom. The highest BCUT2D eigenvalue weighted by Crippen LogP contribution is 2.13. The molecular weight excluding hydrogens is 250 g/mol. The second kappa shape index (κ2) is 8.35. The van der Waals surface area contributed by atoms with Crippen molar-refractivity contribution in [2.24, 2.45) is 5.10 Å². The summed E-state index contributed by atoms with van der Waals surface area (Å²) in [5, 5.41) is 4.26. The smallest absolute Gasteiger partial charge is 0.271 e. The summed E-state index contributed by atoms with van der Waals surface area (Å²) in [6, 6.07) is 7.52. The van der Waals surface area contributed by atoms with Crippen molar-refractivity contribution >= 4 is 17.3 Å². The Morgan fingerprint density at radius 1 is 1.20 bits per heavy atom. The van der Waals surface area contributed by atoms with Crippen molar-refractivity contribution in [3.63, 3.8) is 0 Å². The van der Waals surface area contributed by atoms with Gasteiger partial charge in [0, 0.05) is 31.1 Å². The van der Waals surface area contributed by atoms with Crippen molar-refractivity contribution in [1.29, 1.82) is 0 Å². The first-order chi connectivity index (χ1) is 9.58. The van der Waals surface area contributed by atoms with E-state index in [1.807, 2.05) is 37.2 Å². The molecule has 1 rings (SSSR count). The summed E-state index contributed by atoms with van der Waals surface area (Å²) in [4.78, 5) is 14.1. The van der Waals surface area contributed by atoms with Gasteiger partial charge in [0.2, 0.25) is 0 Å². The average Bonchev–Trinajstić information content (AvgIpc) is 2.45. The van der Waals surface area contributed by atoms with E-state index in [1.165, 1.54) is 0 Å². The summed E-state index contributed by atoms with van der Waals surface area (Å²) >= 11 is 0. The Hall–Kier alpha value is -1.84. The van der Waals surface area contributed by atoms with E-state index < -0.39 is 0 Å². The molecule has 0 radical (unpaired) electrons. The molecule has 0 saturated carbocycles. The van der Waals surface area contributed by atoms with E-state index >= 15 is 0 Å². The second-order valence-corrected chi connectivity index (χ2v) is 5.06. The summed E-state index contributed by atoms with van der Waals surface area (Å²) in [5.41, 5.74) is 5.36. The van der Waals surface area contributed by atoms with E-state index in [0.717, 1.165) is 37.1 Å².